The number of hydrogen-bond acceptors (Lipinski definition) is 5. The Kier molecular flexibility index (Phi) is 16.2. The first kappa shape index (κ1) is 31.6. The minimum atomic E-state index is -0.923. The van der Waals surface area contributed by atoms with Crippen molar-refractivity contribution in [1.29, 1.82) is 0 Å². The molecule has 0 aliphatic carbocycles. The molecule has 9 heteroatoms. The van der Waals surface area contributed by atoms with Crippen molar-refractivity contribution in [2.75, 3.05) is 59.0 Å². The first-order valence-corrected chi connectivity index (χ1v) is 12.3. The fourth-order valence-electron chi connectivity index (χ4n) is 4.29. The highest BCUT2D eigenvalue weighted by Crippen LogP contribution is 2.30. The zero-order chi connectivity index (χ0) is 23.3. The maximum Gasteiger partial charge on any atom is 0.329 e. The molecular formula is C26H38Cl3N3O3. The summed E-state index contributed by atoms with van der Waals surface area (Å²) in [6.07, 6.45) is 4.22. The van der Waals surface area contributed by atoms with E-state index in [1.165, 1.54) is 43.5 Å². The van der Waals surface area contributed by atoms with Gasteiger partial charge in [-0.15, -0.1) is 24.8 Å². The Balaban J connectivity index is 0.000000671. The SMILES string of the molecule is C1CCNCC1.Cl.Cl.O=C(O)COCCN1CCN(C(c2ccccc2)c2ccc(Cl)cc2)CC1. The zero-order valence-corrected chi connectivity index (χ0v) is 22.5. The topological polar surface area (TPSA) is 65.0 Å². The first-order valence-electron chi connectivity index (χ1n) is 11.9. The number of carboxylic acids is 1. The molecule has 2 aliphatic heterocycles. The quantitative estimate of drug-likeness (QED) is 0.466. The number of nitrogens with zero attached hydrogens (tertiary/aromatic N) is 2. The van der Waals surface area contributed by atoms with Gasteiger partial charge in [0.15, 0.2) is 0 Å². The summed E-state index contributed by atoms with van der Waals surface area (Å²) in [6.45, 7) is 7.25. The highest BCUT2D eigenvalue weighted by molar-refractivity contribution is 6.30. The smallest absolute Gasteiger partial charge is 0.329 e. The van der Waals surface area contributed by atoms with Crippen LogP contribution in [0, 0.1) is 0 Å². The van der Waals surface area contributed by atoms with Gasteiger partial charge in [0, 0.05) is 37.7 Å². The number of piperazine rings is 1. The third-order valence-electron chi connectivity index (χ3n) is 6.06. The average Bonchev–Trinajstić information content (AvgIpc) is 2.86. The predicted molar refractivity (Wildman–Crippen MR) is 147 cm³/mol. The van der Waals surface area contributed by atoms with Crippen LogP contribution in [0.3, 0.4) is 0 Å². The highest BCUT2D eigenvalue weighted by atomic mass is 35.5. The van der Waals surface area contributed by atoms with E-state index in [0.717, 1.165) is 37.7 Å². The van der Waals surface area contributed by atoms with E-state index in [4.69, 9.17) is 21.4 Å². The highest BCUT2D eigenvalue weighted by Gasteiger charge is 2.26. The summed E-state index contributed by atoms with van der Waals surface area (Å²) in [7, 11) is 0. The number of rotatable bonds is 8. The van der Waals surface area contributed by atoms with E-state index in [1.807, 2.05) is 18.2 Å². The molecule has 0 saturated carbocycles. The molecule has 0 spiro atoms. The Hall–Kier alpha value is -1.38. The first-order chi connectivity index (χ1) is 16.1. The van der Waals surface area contributed by atoms with Crippen molar-refractivity contribution in [2.24, 2.45) is 0 Å². The van der Waals surface area contributed by atoms with Gasteiger partial charge in [0.2, 0.25) is 0 Å². The number of hydrogen-bond donors (Lipinski definition) is 2. The van der Waals surface area contributed by atoms with Crippen molar-refractivity contribution in [3.05, 3.63) is 70.7 Å². The molecular weight excluding hydrogens is 509 g/mol. The summed E-state index contributed by atoms with van der Waals surface area (Å²) in [4.78, 5) is 15.3. The number of piperidine rings is 1. The Bertz CT molecular complexity index is 804. The second kappa shape index (κ2) is 18.0. The van der Waals surface area contributed by atoms with Crippen LogP contribution in [0.1, 0.15) is 36.4 Å². The lowest BCUT2D eigenvalue weighted by atomic mass is 9.96. The van der Waals surface area contributed by atoms with Crippen LogP contribution in [0.15, 0.2) is 54.6 Å². The standard InChI is InChI=1S/C21H25ClN2O3.C5H11N.2ClH/c22-19-8-6-18(7-9-19)21(17-4-2-1-3-5-17)24-12-10-23(11-13-24)14-15-27-16-20(25)26;1-2-4-6-5-3-1;;/h1-9,21H,10-16H2,(H,25,26);6H,1-5H2;2*1H. The van der Waals surface area contributed by atoms with E-state index in [-0.39, 0.29) is 37.5 Å². The molecule has 0 aromatic heterocycles. The van der Waals surface area contributed by atoms with E-state index in [1.54, 1.807) is 0 Å². The van der Waals surface area contributed by atoms with E-state index in [2.05, 4.69) is 51.5 Å². The molecule has 2 aliphatic rings. The molecule has 2 N–H and O–H groups in total. The molecule has 0 amide bonds. The van der Waals surface area contributed by atoms with Crippen molar-refractivity contribution in [2.45, 2.75) is 25.3 Å². The fraction of sp³-hybridized carbons (Fsp3) is 0.500. The van der Waals surface area contributed by atoms with Crippen LogP contribution in [0.2, 0.25) is 5.02 Å². The molecule has 1 atom stereocenters. The minimum Gasteiger partial charge on any atom is -0.480 e. The summed E-state index contributed by atoms with van der Waals surface area (Å²) in [5.41, 5.74) is 2.52. The summed E-state index contributed by atoms with van der Waals surface area (Å²) < 4.78 is 5.15. The van der Waals surface area contributed by atoms with Gasteiger partial charge in [-0.25, -0.2) is 4.79 Å². The predicted octanol–water partition coefficient (Wildman–Crippen LogP) is 4.75. The maximum atomic E-state index is 10.5. The molecule has 0 bridgehead atoms. The second-order valence-corrected chi connectivity index (χ2v) is 8.94. The number of aliphatic carboxylic acids is 1. The van der Waals surface area contributed by atoms with Gasteiger partial charge >= 0.3 is 5.97 Å². The molecule has 2 aromatic carbocycles. The largest absolute Gasteiger partial charge is 0.480 e. The normalized spacial score (nSPS) is 17.2. The van der Waals surface area contributed by atoms with Crippen molar-refractivity contribution < 1.29 is 14.6 Å². The Labute approximate surface area is 226 Å². The third-order valence-corrected chi connectivity index (χ3v) is 6.31. The number of benzene rings is 2. The van der Waals surface area contributed by atoms with Gasteiger partial charge in [0.1, 0.15) is 6.61 Å². The van der Waals surface area contributed by atoms with Crippen molar-refractivity contribution in [1.82, 2.24) is 15.1 Å². The Morgan fingerprint density at radius 3 is 2.03 bits per heavy atom. The van der Waals surface area contributed by atoms with Gasteiger partial charge in [0.25, 0.3) is 0 Å². The van der Waals surface area contributed by atoms with Crippen molar-refractivity contribution >= 4 is 42.4 Å². The summed E-state index contributed by atoms with van der Waals surface area (Å²) >= 11 is 6.08. The van der Waals surface area contributed by atoms with Crippen LogP contribution < -0.4 is 5.32 Å². The number of carbonyl (C=O) groups is 1. The minimum absolute atomic E-state index is 0. The average molecular weight is 547 g/mol. The van der Waals surface area contributed by atoms with Gasteiger partial charge in [0.05, 0.1) is 12.6 Å². The molecule has 4 rings (SSSR count). The van der Waals surface area contributed by atoms with E-state index < -0.39 is 5.97 Å². The lowest BCUT2D eigenvalue weighted by Gasteiger charge is -2.39. The van der Waals surface area contributed by atoms with Gasteiger partial charge in [-0.3, -0.25) is 9.80 Å². The summed E-state index contributed by atoms with van der Waals surface area (Å²) in [5.74, 6) is -0.923. The molecule has 35 heavy (non-hydrogen) atoms. The lowest BCUT2D eigenvalue weighted by Crippen LogP contribution is -2.48. The molecule has 2 fully saturated rings. The summed E-state index contributed by atoms with van der Waals surface area (Å²) in [6, 6.07) is 18.8. The number of carboxylic acid groups (broad SMARTS) is 1. The zero-order valence-electron chi connectivity index (χ0n) is 20.1. The Morgan fingerprint density at radius 2 is 1.51 bits per heavy atom. The molecule has 196 valence electrons. The van der Waals surface area contributed by atoms with Gasteiger partial charge in [-0.2, -0.15) is 0 Å². The van der Waals surface area contributed by atoms with E-state index >= 15 is 0 Å². The van der Waals surface area contributed by atoms with E-state index in [9.17, 15) is 4.79 Å². The lowest BCUT2D eigenvalue weighted by molar-refractivity contribution is -0.142. The van der Waals surface area contributed by atoms with Crippen LogP contribution in [-0.2, 0) is 9.53 Å². The molecule has 6 nitrogen and oxygen atoms in total. The molecule has 1 unspecified atom stereocenters. The molecule has 2 aromatic rings. The van der Waals surface area contributed by atoms with Gasteiger partial charge in [-0.1, -0.05) is 60.5 Å². The van der Waals surface area contributed by atoms with Crippen molar-refractivity contribution in [3.63, 3.8) is 0 Å². The Morgan fingerprint density at radius 1 is 0.914 bits per heavy atom. The fourth-order valence-corrected chi connectivity index (χ4v) is 4.42. The van der Waals surface area contributed by atoms with Crippen LogP contribution in [0.4, 0.5) is 0 Å². The monoisotopic (exact) mass is 545 g/mol. The van der Waals surface area contributed by atoms with Crippen LogP contribution in [-0.4, -0.2) is 79.9 Å². The van der Waals surface area contributed by atoms with Crippen LogP contribution in [0.5, 0.6) is 0 Å². The van der Waals surface area contributed by atoms with Gasteiger partial charge < -0.3 is 15.2 Å². The molecule has 2 saturated heterocycles. The van der Waals surface area contributed by atoms with Gasteiger partial charge in [-0.05, 0) is 49.2 Å². The number of halogens is 3. The number of ether oxygens (including phenoxy) is 1. The van der Waals surface area contributed by atoms with Crippen molar-refractivity contribution in [3.8, 4) is 0 Å². The van der Waals surface area contributed by atoms with Crippen LogP contribution in [0.25, 0.3) is 0 Å². The van der Waals surface area contributed by atoms with E-state index in [0.29, 0.717) is 6.61 Å². The summed E-state index contributed by atoms with van der Waals surface area (Å²) in [5, 5.41) is 12.7. The third kappa shape index (κ3) is 11.5. The molecule has 2 heterocycles. The maximum absolute atomic E-state index is 10.5. The molecule has 0 radical (unpaired) electrons. The number of nitrogens with one attached hydrogen (secondary N) is 1. The second-order valence-electron chi connectivity index (χ2n) is 8.50. The van der Waals surface area contributed by atoms with Crippen LogP contribution >= 0.6 is 36.4 Å².